The van der Waals surface area contributed by atoms with Gasteiger partial charge in [-0.25, -0.2) is 18.0 Å². The molecule has 1 aliphatic heterocycles. The molecule has 1 N–H and O–H groups in total. The fourth-order valence-electron chi connectivity index (χ4n) is 5.47. The van der Waals surface area contributed by atoms with Gasteiger partial charge in [0.2, 0.25) is 5.69 Å². The van der Waals surface area contributed by atoms with E-state index in [1.54, 1.807) is 18.2 Å². The van der Waals surface area contributed by atoms with E-state index >= 15 is 4.39 Å². The van der Waals surface area contributed by atoms with E-state index in [0.717, 1.165) is 44.9 Å². The summed E-state index contributed by atoms with van der Waals surface area (Å²) in [5, 5.41) is 6.63. The number of hydrogen-bond donors (Lipinski definition) is 1. The van der Waals surface area contributed by atoms with Crippen molar-refractivity contribution in [1.82, 2.24) is 24.2 Å². The van der Waals surface area contributed by atoms with Gasteiger partial charge in [-0.2, -0.15) is 9.78 Å². The molecule has 0 unspecified atom stereocenters. The average Bonchev–Trinajstić information content (AvgIpc) is 3.08. The van der Waals surface area contributed by atoms with E-state index in [0.29, 0.717) is 44.3 Å². The van der Waals surface area contributed by atoms with Crippen LogP contribution in [0.1, 0.15) is 29.8 Å². The van der Waals surface area contributed by atoms with Gasteiger partial charge in [0.15, 0.2) is 23.1 Å². The smallest absolute Gasteiger partial charge is 0.351 e. The molecule has 3 aromatic carbocycles. The molecule has 5 aromatic rings. The van der Waals surface area contributed by atoms with Crippen LogP contribution in [0.15, 0.2) is 70.4 Å². The van der Waals surface area contributed by atoms with Gasteiger partial charge in [0, 0.05) is 49.1 Å². The van der Waals surface area contributed by atoms with Gasteiger partial charge < -0.3 is 19.5 Å². The third-order valence-electron chi connectivity index (χ3n) is 7.99. The van der Waals surface area contributed by atoms with Crippen LogP contribution in [0.4, 0.5) is 18.9 Å². The van der Waals surface area contributed by atoms with Crippen LogP contribution in [0.2, 0.25) is 0 Å². The number of nitrogens with one attached hydrogen (secondary N) is 1. The fraction of sp³-hybridized carbons (Fsp3) is 0.265. The summed E-state index contributed by atoms with van der Waals surface area (Å²) in [6.07, 6.45) is 5.13. The third-order valence-corrected chi connectivity index (χ3v) is 7.99. The molecule has 1 fully saturated rings. The van der Waals surface area contributed by atoms with E-state index < -0.39 is 40.3 Å². The van der Waals surface area contributed by atoms with Crippen molar-refractivity contribution in [3.8, 4) is 28.7 Å². The Labute approximate surface area is 277 Å². The standard InChI is InChI=1S/C34H31F3N6O6/c1-41-33(45)31(40-43(34(41)46)23-15-20(35)14-21(36)16-23)32(44)39-22-6-7-28(25(37)17-22)49-27-8-9-38-26-19-30(29(47-2)18-24(26)27)48-13-12-42-10-4-3-5-11-42/h6-9,14-19H,3-5,10-13H2,1-2H3,(H,39,44). The van der Waals surface area contributed by atoms with Gasteiger partial charge in [0.1, 0.15) is 24.0 Å². The number of piperidine rings is 1. The molecule has 49 heavy (non-hydrogen) atoms. The van der Waals surface area contributed by atoms with Gasteiger partial charge >= 0.3 is 5.69 Å². The monoisotopic (exact) mass is 676 g/mol. The Balaban J connectivity index is 1.20. The molecule has 2 aromatic heterocycles. The van der Waals surface area contributed by atoms with Gasteiger partial charge in [-0.3, -0.25) is 24.0 Å². The van der Waals surface area contributed by atoms with Crippen molar-refractivity contribution in [3.63, 3.8) is 0 Å². The quantitative estimate of drug-likeness (QED) is 0.222. The number of anilines is 1. The molecule has 0 atom stereocenters. The molecule has 0 bridgehead atoms. The topological polar surface area (TPSA) is 130 Å². The van der Waals surface area contributed by atoms with Gasteiger partial charge in [-0.05, 0) is 62.3 Å². The number of carbonyl (C=O) groups excluding carboxylic acids is 1. The average molecular weight is 677 g/mol. The molecule has 0 saturated carbocycles. The number of methoxy groups -OCH3 is 1. The Morgan fingerprint density at radius 2 is 1.65 bits per heavy atom. The minimum atomic E-state index is -1.10. The molecule has 254 valence electrons. The van der Waals surface area contributed by atoms with E-state index in [1.165, 1.54) is 44.7 Å². The van der Waals surface area contributed by atoms with Crippen LogP contribution in [0, 0.1) is 17.5 Å². The lowest BCUT2D eigenvalue weighted by molar-refractivity contribution is 0.101. The Morgan fingerprint density at radius 1 is 0.898 bits per heavy atom. The number of halogens is 3. The molecule has 1 amide bonds. The van der Waals surface area contributed by atoms with Gasteiger partial charge in [0.25, 0.3) is 11.5 Å². The Kier molecular flexibility index (Phi) is 9.62. The van der Waals surface area contributed by atoms with Crippen molar-refractivity contribution >= 4 is 22.5 Å². The lowest BCUT2D eigenvalue weighted by Gasteiger charge is -2.26. The highest BCUT2D eigenvalue weighted by Crippen LogP contribution is 2.38. The highest BCUT2D eigenvalue weighted by Gasteiger charge is 2.21. The Bertz CT molecular complexity index is 2150. The first-order valence-electron chi connectivity index (χ1n) is 15.4. The molecular weight excluding hydrogens is 645 g/mol. The summed E-state index contributed by atoms with van der Waals surface area (Å²) in [6.45, 7) is 3.38. The second-order valence-corrected chi connectivity index (χ2v) is 11.3. The summed E-state index contributed by atoms with van der Waals surface area (Å²) in [5.41, 5.74) is -2.78. The number of aromatic nitrogens is 4. The lowest BCUT2D eigenvalue weighted by Crippen LogP contribution is -2.43. The third kappa shape index (κ3) is 7.26. The fourth-order valence-corrected chi connectivity index (χ4v) is 5.47. The predicted octanol–water partition coefficient (Wildman–Crippen LogP) is 4.81. The summed E-state index contributed by atoms with van der Waals surface area (Å²) in [4.78, 5) is 45.1. The second-order valence-electron chi connectivity index (χ2n) is 11.3. The van der Waals surface area contributed by atoms with Crippen LogP contribution in [-0.2, 0) is 7.05 Å². The summed E-state index contributed by atoms with van der Waals surface area (Å²) in [7, 11) is 2.59. The molecule has 1 saturated heterocycles. The first kappa shape index (κ1) is 33.2. The summed E-state index contributed by atoms with van der Waals surface area (Å²) in [5.74, 6) is -2.88. The van der Waals surface area contributed by atoms with Gasteiger partial charge in [-0.15, -0.1) is 0 Å². The number of nitrogens with zero attached hydrogens (tertiary/aromatic N) is 5. The Morgan fingerprint density at radius 3 is 2.37 bits per heavy atom. The number of benzene rings is 3. The van der Waals surface area contributed by atoms with Gasteiger partial charge in [0.05, 0.1) is 18.3 Å². The maximum Gasteiger partial charge on any atom is 0.351 e. The van der Waals surface area contributed by atoms with E-state index in [4.69, 9.17) is 14.2 Å². The minimum Gasteiger partial charge on any atom is -0.493 e. The molecule has 3 heterocycles. The summed E-state index contributed by atoms with van der Waals surface area (Å²) < 4.78 is 61.5. The molecule has 1 aliphatic rings. The first-order chi connectivity index (χ1) is 23.6. The van der Waals surface area contributed by atoms with Gasteiger partial charge in [-0.1, -0.05) is 6.42 Å². The highest BCUT2D eigenvalue weighted by molar-refractivity contribution is 6.02. The van der Waals surface area contributed by atoms with Crippen LogP contribution in [0.3, 0.4) is 0 Å². The predicted molar refractivity (Wildman–Crippen MR) is 173 cm³/mol. The second kappa shape index (κ2) is 14.2. The zero-order chi connectivity index (χ0) is 34.7. The maximum atomic E-state index is 15.3. The number of carbonyl (C=O) groups is 1. The van der Waals surface area contributed by atoms with E-state index in [2.05, 4.69) is 20.3 Å². The molecule has 0 aliphatic carbocycles. The number of likely N-dealkylation sites (tertiary alicyclic amines) is 1. The van der Waals surface area contributed by atoms with Crippen molar-refractivity contribution in [2.75, 3.05) is 38.7 Å². The van der Waals surface area contributed by atoms with Crippen molar-refractivity contribution in [1.29, 1.82) is 0 Å². The zero-order valence-corrected chi connectivity index (χ0v) is 26.5. The van der Waals surface area contributed by atoms with E-state index in [1.807, 2.05) is 0 Å². The lowest BCUT2D eigenvalue weighted by atomic mass is 10.1. The van der Waals surface area contributed by atoms with Crippen LogP contribution >= 0.6 is 0 Å². The first-order valence-corrected chi connectivity index (χ1v) is 15.4. The molecule has 0 radical (unpaired) electrons. The molecule has 15 heteroatoms. The molecule has 0 spiro atoms. The van der Waals surface area contributed by atoms with Crippen molar-refractivity contribution in [2.45, 2.75) is 19.3 Å². The molecular formula is C34H31F3N6O6. The van der Waals surface area contributed by atoms with E-state index in [-0.39, 0.29) is 22.9 Å². The summed E-state index contributed by atoms with van der Waals surface area (Å²) >= 11 is 0. The number of hydrogen-bond acceptors (Lipinski definition) is 9. The largest absolute Gasteiger partial charge is 0.493 e. The van der Waals surface area contributed by atoms with Crippen molar-refractivity contribution in [3.05, 3.63) is 105 Å². The molecule has 6 rings (SSSR count). The highest BCUT2D eigenvalue weighted by atomic mass is 19.1. The number of pyridine rings is 1. The van der Waals surface area contributed by atoms with Crippen molar-refractivity contribution in [2.24, 2.45) is 7.05 Å². The van der Waals surface area contributed by atoms with Crippen molar-refractivity contribution < 1.29 is 32.2 Å². The zero-order valence-electron chi connectivity index (χ0n) is 26.5. The molecule has 12 nitrogen and oxygen atoms in total. The van der Waals surface area contributed by atoms with Crippen LogP contribution in [0.5, 0.6) is 23.0 Å². The normalized spacial score (nSPS) is 13.3. The SMILES string of the molecule is COc1cc2c(Oc3ccc(NC(=O)c4nn(-c5cc(F)cc(F)c5)c(=O)n(C)c4=O)cc3F)ccnc2cc1OCCN1CCCCC1. The van der Waals surface area contributed by atoms with Crippen LogP contribution in [-0.4, -0.2) is 63.5 Å². The summed E-state index contributed by atoms with van der Waals surface area (Å²) in [6, 6.07) is 10.8. The number of ether oxygens (including phenoxy) is 3. The maximum absolute atomic E-state index is 15.3. The van der Waals surface area contributed by atoms with E-state index in [9.17, 15) is 23.2 Å². The number of fused-ring (bicyclic) bond motifs is 1. The minimum absolute atomic E-state index is 0.0687. The number of rotatable bonds is 10. The van der Waals surface area contributed by atoms with Crippen LogP contribution in [0.25, 0.3) is 16.6 Å². The number of amides is 1. The van der Waals surface area contributed by atoms with Crippen LogP contribution < -0.4 is 30.8 Å². The Hall–Kier alpha value is -5.70.